The van der Waals surface area contributed by atoms with Gasteiger partial charge in [-0.1, -0.05) is 19.1 Å². The van der Waals surface area contributed by atoms with E-state index in [9.17, 15) is 0 Å². The van der Waals surface area contributed by atoms with E-state index in [0.717, 1.165) is 30.0 Å². The lowest BCUT2D eigenvalue weighted by Gasteiger charge is -2.06. The highest BCUT2D eigenvalue weighted by Crippen LogP contribution is 2.19. The number of rotatable bonds is 4. The number of benzene rings is 1. The third-order valence-electron chi connectivity index (χ3n) is 2.92. The molecule has 0 spiro atoms. The van der Waals surface area contributed by atoms with Crippen molar-refractivity contribution in [2.45, 2.75) is 19.9 Å². The SMILES string of the molecule is CCCn1ncnc1-c1cccc(-n2cccn2)c1. The first-order chi connectivity index (χ1) is 9.38. The summed E-state index contributed by atoms with van der Waals surface area (Å²) >= 11 is 0. The van der Waals surface area contributed by atoms with Gasteiger partial charge in [-0.3, -0.25) is 0 Å². The highest BCUT2D eigenvalue weighted by molar-refractivity contribution is 5.58. The molecular formula is C14H15N5. The van der Waals surface area contributed by atoms with Crippen LogP contribution in [0, 0.1) is 0 Å². The molecule has 2 heterocycles. The summed E-state index contributed by atoms with van der Waals surface area (Å²) < 4.78 is 3.77. The van der Waals surface area contributed by atoms with Gasteiger partial charge < -0.3 is 0 Å². The van der Waals surface area contributed by atoms with E-state index in [1.807, 2.05) is 39.8 Å². The molecule has 0 aliphatic rings. The van der Waals surface area contributed by atoms with Crippen molar-refractivity contribution in [3.05, 3.63) is 49.1 Å². The van der Waals surface area contributed by atoms with Gasteiger partial charge in [0.25, 0.3) is 0 Å². The van der Waals surface area contributed by atoms with Gasteiger partial charge in [0.05, 0.1) is 5.69 Å². The Balaban J connectivity index is 2.01. The van der Waals surface area contributed by atoms with Gasteiger partial charge in [0.2, 0.25) is 0 Å². The fourth-order valence-corrected chi connectivity index (χ4v) is 2.07. The first-order valence-electron chi connectivity index (χ1n) is 6.36. The third kappa shape index (κ3) is 2.27. The number of aromatic nitrogens is 5. The number of aryl methyl sites for hydroxylation is 1. The van der Waals surface area contributed by atoms with Crippen LogP contribution >= 0.6 is 0 Å². The van der Waals surface area contributed by atoms with E-state index in [0.29, 0.717) is 0 Å². The fourth-order valence-electron chi connectivity index (χ4n) is 2.07. The summed E-state index contributed by atoms with van der Waals surface area (Å²) in [6.45, 7) is 3.01. The average molecular weight is 253 g/mol. The van der Waals surface area contributed by atoms with Gasteiger partial charge in [0.15, 0.2) is 5.82 Å². The number of hydrogen-bond acceptors (Lipinski definition) is 3. The molecule has 0 unspecified atom stereocenters. The van der Waals surface area contributed by atoms with Gasteiger partial charge in [-0.25, -0.2) is 14.3 Å². The molecular weight excluding hydrogens is 238 g/mol. The first kappa shape index (κ1) is 11.6. The highest BCUT2D eigenvalue weighted by Gasteiger charge is 2.07. The van der Waals surface area contributed by atoms with Crippen molar-refractivity contribution in [3.8, 4) is 17.1 Å². The van der Waals surface area contributed by atoms with E-state index in [1.54, 1.807) is 12.5 Å². The minimum absolute atomic E-state index is 0.876. The Labute approximate surface area is 111 Å². The summed E-state index contributed by atoms with van der Waals surface area (Å²) in [5, 5.41) is 8.50. The Morgan fingerprint density at radius 1 is 1.16 bits per heavy atom. The van der Waals surface area contributed by atoms with Crippen LogP contribution in [-0.2, 0) is 6.54 Å². The Kier molecular flexibility index (Phi) is 3.10. The molecule has 0 N–H and O–H groups in total. The molecule has 19 heavy (non-hydrogen) atoms. The monoisotopic (exact) mass is 253 g/mol. The second-order valence-electron chi connectivity index (χ2n) is 4.31. The maximum Gasteiger partial charge on any atom is 0.158 e. The van der Waals surface area contributed by atoms with Crippen LogP contribution in [0.3, 0.4) is 0 Å². The molecule has 2 aromatic heterocycles. The van der Waals surface area contributed by atoms with E-state index < -0.39 is 0 Å². The molecule has 5 nitrogen and oxygen atoms in total. The lowest BCUT2D eigenvalue weighted by Crippen LogP contribution is -2.02. The van der Waals surface area contributed by atoms with E-state index in [1.165, 1.54) is 0 Å². The maximum atomic E-state index is 4.35. The molecule has 0 atom stereocenters. The summed E-state index contributed by atoms with van der Waals surface area (Å²) in [4.78, 5) is 4.35. The summed E-state index contributed by atoms with van der Waals surface area (Å²) in [6, 6.07) is 10.1. The topological polar surface area (TPSA) is 48.5 Å². The Morgan fingerprint density at radius 3 is 2.89 bits per heavy atom. The van der Waals surface area contributed by atoms with Gasteiger partial charge in [0, 0.05) is 24.5 Å². The molecule has 0 aliphatic heterocycles. The molecule has 0 radical (unpaired) electrons. The highest BCUT2D eigenvalue weighted by atomic mass is 15.3. The summed E-state index contributed by atoms with van der Waals surface area (Å²) in [7, 11) is 0. The van der Waals surface area contributed by atoms with E-state index in [4.69, 9.17) is 0 Å². The van der Waals surface area contributed by atoms with Crippen LogP contribution in [0.25, 0.3) is 17.1 Å². The first-order valence-corrected chi connectivity index (χ1v) is 6.36. The Bertz CT molecular complexity index is 654. The zero-order valence-corrected chi connectivity index (χ0v) is 10.8. The minimum atomic E-state index is 0.876. The van der Waals surface area contributed by atoms with Gasteiger partial charge in [-0.05, 0) is 24.6 Å². The van der Waals surface area contributed by atoms with Crippen molar-refractivity contribution in [1.82, 2.24) is 24.5 Å². The van der Waals surface area contributed by atoms with Crippen LogP contribution in [0.5, 0.6) is 0 Å². The molecule has 0 bridgehead atoms. The number of hydrogen-bond donors (Lipinski definition) is 0. The average Bonchev–Trinajstić information content (AvgIpc) is 3.10. The lowest BCUT2D eigenvalue weighted by atomic mass is 10.2. The molecule has 1 aromatic carbocycles. The third-order valence-corrected chi connectivity index (χ3v) is 2.92. The van der Waals surface area contributed by atoms with Crippen LogP contribution in [-0.4, -0.2) is 24.5 Å². The van der Waals surface area contributed by atoms with Crippen LogP contribution in [0.1, 0.15) is 13.3 Å². The Morgan fingerprint density at radius 2 is 2.11 bits per heavy atom. The molecule has 3 aromatic rings. The van der Waals surface area contributed by atoms with Crippen LogP contribution in [0.2, 0.25) is 0 Å². The largest absolute Gasteiger partial charge is 0.246 e. The van der Waals surface area contributed by atoms with Crippen molar-refractivity contribution in [2.75, 3.05) is 0 Å². The van der Waals surface area contributed by atoms with Gasteiger partial charge in [-0.2, -0.15) is 10.2 Å². The van der Waals surface area contributed by atoms with Gasteiger partial charge in [0.1, 0.15) is 6.33 Å². The minimum Gasteiger partial charge on any atom is -0.246 e. The van der Waals surface area contributed by atoms with Crippen LogP contribution < -0.4 is 0 Å². The van der Waals surface area contributed by atoms with Crippen LogP contribution in [0.4, 0.5) is 0 Å². The standard InChI is InChI=1S/C14H15N5/c1-2-8-19-14(15-11-17-19)12-5-3-6-13(10-12)18-9-4-7-16-18/h3-7,9-11H,2,8H2,1H3. The van der Waals surface area contributed by atoms with Crippen molar-refractivity contribution in [1.29, 1.82) is 0 Å². The molecule has 5 heteroatoms. The van der Waals surface area contributed by atoms with Crippen molar-refractivity contribution in [3.63, 3.8) is 0 Å². The maximum absolute atomic E-state index is 4.35. The second-order valence-corrected chi connectivity index (χ2v) is 4.31. The van der Waals surface area contributed by atoms with Crippen molar-refractivity contribution in [2.24, 2.45) is 0 Å². The van der Waals surface area contributed by atoms with Gasteiger partial charge in [-0.15, -0.1) is 0 Å². The predicted octanol–water partition coefficient (Wildman–Crippen LogP) is 2.54. The fraction of sp³-hybridized carbons (Fsp3) is 0.214. The molecule has 0 saturated heterocycles. The summed E-state index contributed by atoms with van der Waals surface area (Å²) in [6.07, 6.45) is 6.34. The predicted molar refractivity (Wildman–Crippen MR) is 72.9 cm³/mol. The van der Waals surface area contributed by atoms with Crippen LogP contribution in [0.15, 0.2) is 49.1 Å². The molecule has 0 amide bonds. The zero-order valence-electron chi connectivity index (χ0n) is 10.8. The molecule has 0 fully saturated rings. The van der Waals surface area contributed by atoms with Gasteiger partial charge >= 0.3 is 0 Å². The smallest absolute Gasteiger partial charge is 0.158 e. The molecule has 0 aliphatic carbocycles. The quantitative estimate of drug-likeness (QED) is 0.718. The molecule has 0 saturated carbocycles. The zero-order chi connectivity index (χ0) is 13.1. The van der Waals surface area contributed by atoms with Crippen molar-refractivity contribution >= 4 is 0 Å². The van der Waals surface area contributed by atoms with E-state index in [2.05, 4.69) is 28.2 Å². The lowest BCUT2D eigenvalue weighted by molar-refractivity contribution is 0.608. The summed E-state index contributed by atoms with van der Waals surface area (Å²) in [5.74, 6) is 0.899. The number of nitrogens with zero attached hydrogens (tertiary/aromatic N) is 5. The summed E-state index contributed by atoms with van der Waals surface area (Å²) in [5.41, 5.74) is 2.08. The van der Waals surface area contributed by atoms with E-state index in [-0.39, 0.29) is 0 Å². The molecule has 3 rings (SSSR count). The normalized spacial score (nSPS) is 10.8. The molecule has 96 valence electrons. The van der Waals surface area contributed by atoms with E-state index >= 15 is 0 Å². The second kappa shape index (κ2) is 5.06. The van der Waals surface area contributed by atoms with Crippen molar-refractivity contribution < 1.29 is 0 Å². The Hall–Kier alpha value is -2.43.